The molecule has 126 valence electrons. The van der Waals surface area contributed by atoms with Crippen molar-refractivity contribution in [3.05, 3.63) is 52.2 Å². The Labute approximate surface area is 146 Å². The number of thioether (sulfide) groups is 1. The third kappa shape index (κ3) is 2.82. The van der Waals surface area contributed by atoms with Crippen molar-refractivity contribution in [2.24, 2.45) is 4.99 Å². The summed E-state index contributed by atoms with van der Waals surface area (Å²) in [6.45, 7) is 6.00. The van der Waals surface area contributed by atoms with Crippen LogP contribution in [0.5, 0.6) is 5.75 Å². The van der Waals surface area contributed by atoms with E-state index in [0.717, 1.165) is 22.0 Å². The first kappa shape index (κ1) is 16.6. The molecule has 0 aliphatic carbocycles. The molecule has 1 aromatic rings. The van der Waals surface area contributed by atoms with E-state index in [4.69, 9.17) is 9.47 Å². The second kappa shape index (κ2) is 6.73. The Morgan fingerprint density at radius 2 is 2.17 bits per heavy atom. The van der Waals surface area contributed by atoms with E-state index in [-0.39, 0.29) is 12.0 Å². The highest BCUT2D eigenvalue weighted by atomic mass is 32.2. The van der Waals surface area contributed by atoms with Crippen LogP contribution in [-0.2, 0) is 9.53 Å². The van der Waals surface area contributed by atoms with Crippen molar-refractivity contribution in [1.29, 1.82) is 0 Å². The molecule has 6 heteroatoms. The number of carbonyl (C=O) groups is 1. The van der Waals surface area contributed by atoms with Crippen LogP contribution < -0.4 is 4.74 Å². The molecule has 0 N–H and O–H groups in total. The molecule has 2 aliphatic rings. The molecule has 24 heavy (non-hydrogen) atoms. The monoisotopic (exact) mass is 344 g/mol. The minimum atomic E-state index is -0.318. The third-order valence-electron chi connectivity index (χ3n) is 4.05. The van der Waals surface area contributed by atoms with Gasteiger partial charge in [-0.05, 0) is 49.4 Å². The van der Waals surface area contributed by atoms with Crippen LogP contribution in [0.3, 0.4) is 0 Å². The number of methoxy groups -OCH3 is 1. The topological polar surface area (TPSA) is 51.1 Å². The highest BCUT2D eigenvalue weighted by molar-refractivity contribution is 8.16. The molecule has 2 aliphatic heterocycles. The molecule has 0 saturated heterocycles. The number of hydrogen-bond donors (Lipinski definition) is 0. The van der Waals surface area contributed by atoms with E-state index in [0.29, 0.717) is 17.9 Å². The Balaban J connectivity index is 2.10. The summed E-state index contributed by atoms with van der Waals surface area (Å²) in [5, 5.41) is 2.85. The lowest BCUT2D eigenvalue weighted by Gasteiger charge is -2.33. The Bertz CT molecular complexity index is 768. The molecular weight excluding hydrogens is 324 g/mol. The van der Waals surface area contributed by atoms with Gasteiger partial charge in [0.05, 0.1) is 31.0 Å². The third-order valence-corrected chi connectivity index (χ3v) is 4.82. The Hall–Kier alpha value is -2.21. The minimum absolute atomic E-state index is 0.243. The van der Waals surface area contributed by atoms with Gasteiger partial charge in [0.2, 0.25) is 0 Å². The average molecular weight is 344 g/mol. The zero-order valence-corrected chi connectivity index (χ0v) is 15.0. The van der Waals surface area contributed by atoms with Crippen molar-refractivity contribution in [2.75, 3.05) is 13.7 Å². The van der Waals surface area contributed by atoms with Crippen molar-refractivity contribution in [3.63, 3.8) is 0 Å². The van der Waals surface area contributed by atoms with E-state index in [9.17, 15) is 4.79 Å². The van der Waals surface area contributed by atoms with E-state index in [1.807, 2.05) is 49.4 Å². The lowest BCUT2D eigenvalue weighted by molar-refractivity contribution is -0.139. The molecule has 0 spiro atoms. The molecule has 0 fully saturated rings. The van der Waals surface area contributed by atoms with Crippen LogP contribution >= 0.6 is 11.8 Å². The molecule has 1 atom stereocenters. The molecule has 0 unspecified atom stereocenters. The number of esters is 1. The largest absolute Gasteiger partial charge is 0.496 e. The summed E-state index contributed by atoms with van der Waals surface area (Å²) in [5.41, 5.74) is 3.32. The van der Waals surface area contributed by atoms with Gasteiger partial charge in [0, 0.05) is 6.20 Å². The maximum absolute atomic E-state index is 12.6. The fourth-order valence-electron chi connectivity index (χ4n) is 2.97. The molecule has 5 nitrogen and oxygen atoms in total. The zero-order chi connectivity index (χ0) is 17.3. The van der Waals surface area contributed by atoms with Crippen molar-refractivity contribution in [3.8, 4) is 5.75 Å². The number of allylic oxidation sites excluding steroid dienone is 1. The first-order valence-electron chi connectivity index (χ1n) is 7.79. The average Bonchev–Trinajstić information content (AvgIpc) is 3.01. The second-order valence-electron chi connectivity index (χ2n) is 5.56. The molecule has 2 heterocycles. The van der Waals surface area contributed by atoms with Gasteiger partial charge >= 0.3 is 5.97 Å². The Kier molecular flexibility index (Phi) is 4.66. The molecule has 0 saturated carbocycles. The van der Waals surface area contributed by atoms with Crippen LogP contribution in [0.4, 0.5) is 0 Å². The summed E-state index contributed by atoms with van der Waals surface area (Å²) < 4.78 is 10.6. The lowest BCUT2D eigenvalue weighted by atomic mass is 9.93. The van der Waals surface area contributed by atoms with E-state index in [2.05, 4.69) is 11.1 Å². The number of hydrogen-bond acceptors (Lipinski definition) is 6. The van der Waals surface area contributed by atoms with Gasteiger partial charge in [-0.3, -0.25) is 0 Å². The van der Waals surface area contributed by atoms with Crippen molar-refractivity contribution in [1.82, 2.24) is 4.90 Å². The fraction of sp³-hybridized carbons (Fsp3) is 0.333. The first-order valence-corrected chi connectivity index (χ1v) is 8.67. The number of benzene rings is 1. The van der Waals surface area contributed by atoms with E-state index in [1.54, 1.807) is 18.9 Å². The normalized spacial score (nSPS) is 19.2. The predicted molar refractivity (Wildman–Crippen MR) is 95.8 cm³/mol. The van der Waals surface area contributed by atoms with Crippen LogP contribution in [0, 0.1) is 6.92 Å². The van der Waals surface area contributed by atoms with Crippen molar-refractivity contribution in [2.45, 2.75) is 26.8 Å². The Morgan fingerprint density at radius 3 is 2.83 bits per heavy atom. The number of fused-ring (bicyclic) bond motifs is 1. The van der Waals surface area contributed by atoms with Gasteiger partial charge in [0.1, 0.15) is 5.75 Å². The van der Waals surface area contributed by atoms with Gasteiger partial charge in [0.25, 0.3) is 0 Å². The number of nitrogens with zero attached hydrogens (tertiary/aromatic N) is 2. The lowest BCUT2D eigenvalue weighted by Crippen LogP contribution is -2.34. The molecular formula is C18H20N2O3S. The van der Waals surface area contributed by atoms with Crippen molar-refractivity contribution >= 4 is 22.9 Å². The van der Waals surface area contributed by atoms with Crippen LogP contribution in [0.25, 0.3) is 0 Å². The second-order valence-corrected chi connectivity index (χ2v) is 6.43. The molecule has 3 rings (SSSR count). The molecule has 0 bridgehead atoms. The van der Waals surface area contributed by atoms with Crippen LogP contribution in [0.1, 0.15) is 31.0 Å². The number of aliphatic imine (C=N–C) groups is 1. The minimum Gasteiger partial charge on any atom is -0.496 e. The maximum Gasteiger partial charge on any atom is 0.338 e. The van der Waals surface area contributed by atoms with Gasteiger partial charge in [-0.25, -0.2) is 9.79 Å². The SMILES string of the molecule is CCOC(=O)C1=C(C)N=C2SC=CN2[C@@H]1c1ccc(OC)c(C)c1. The highest BCUT2D eigenvalue weighted by Gasteiger charge is 2.37. The van der Waals surface area contributed by atoms with E-state index < -0.39 is 0 Å². The van der Waals surface area contributed by atoms with Gasteiger partial charge in [0.15, 0.2) is 5.17 Å². The quantitative estimate of drug-likeness (QED) is 0.778. The summed E-state index contributed by atoms with van der Waals surface area (Å²) in [7, 11) is 1.65. The zero-order valence-electron chi connectivity index (χ0n) is 14.2. The summed E-state index contributed by atoms with van der Waals surface area (Å²) in [4.78, 5) is 19.1. The smallest absolute Gasteiger partial charge is 0.338 e. The number of aryl methyl sites for hydroxylation is 1. The number of rotatable bonds is 4. The molecule has 0 amide bonds. The van der Waals surface area contributed by atoms with Gasteiger partial charge in [-0.1, -0.05) is 17.8 Å². The van der Waals surface area contributed by atoms with Crippen LogP contribution in [0.2, 0.25) is 0 Å². The van der Waals surface area contributed by atoms with E-state index >= 15 is 0 Å². The predicted octanol–water partition coefficient (Wildman–Crippen LogP) is 3.77. The number of amidine groups is 1. The fourth-order valence-corrected chi connectivity index (χ4v) is 3.76. The van der Waals surface area contributed by atoms with Crippen LogP contribution in [0.15, 0.2) is 46.1 Å². The van der Waals surface area contributed by atoms with Gasteiger partial charge < -0.3 is 14.4 Å². The Morgan fingerprint density at radius 1 is 1.38 bits per heavy atom. The first-order chi connectivity index (χ1) is 11.6. The summed E-state index contributed by atoms with van der Waals surface area (Å²) in [5.74, 6) is 0.509. The summed E-state index contributed by atoms with van der Waals surface area (Å²) in [6, 6.07) is 5.73. The summed E-state index contributed by atoms with van der Waals surface area (Å²) >= 11 is 1.55. The van der Waals surface area contributed by atoms with E-state index in [1.165, 1.54) is 0 Å². The molecule has 0 aromatic heterocycles. The van der Waals surface area contributed by atoms with Gasteiger partial charge in [-0.15, -0.1) is 0 Å². The molecule has 1 aromatic carbocycles. The summed E-state index contributed by atoms with van der Waals surface area (Å²) in [6.07, 6.45) is 1.96. The standard InChI is InChI=1S/C18H20N2O3S/c1-5-23-17(21)15-12(3)19-18-20(8-9-24-18)16(15)13-6-7-14(22-4)11(2)10-13/h6-10,16H,5H2,1-4H3/t16-/m1/s1. The number of ether oxygens (including phenoxy) is 2. The molecule has 0 radical (unpaired) electrons. The number of carbonyl (C=O) groups excluding carboxylic acids is 1. The van der Waals surface area contributed by atoms with Gasteiger partial charge in [-0.2, -0.15) is 0 Å². The highest BCUT2D eigenvalue weighted by Crippen LogP contribution is 2.41. The maximum atomic E-state index is 12.6. The van der Waals surface area contributed by atoms with Crippen LogP contribution in [-0.4, -0.2) is 29.8 Å². The van der Waals surface area contributed by atoms with Crippen molar-refractivity contribution < 1.29 is 14.3 Å².